The number of nitrogens with zero attached hydrogens (tertiary/aromatic N) is 2. The molecule has 0 spiro atoms. The normalized spacial score (nSPS) is 13.8. The van der Waals surface area contributed by atoms with Crippen LogP contribution in [0, 0.1) is 13.8 Å². The van der Waals surface area contributed by atoms with Crippen molar-refractivity contribution in [1.29, 1.82) is 0 Å². The molecule has 2 N–H and O–H groups in total. The van der Waals surface area contributed by atoms with Gasteiger partial charge in [-0.1, -0.05) is 0 Å². The first kappa shape index (κ1) is 16.2. The number of methoxy groups -OCH3 is 1. The van der Waals surface area contributed by atoms with Crippen LogP contribution in [0.2, 0.25) is 0 Å². The highest BCUT2D eigenvalue weighted by Crippen LogP contribution is 2.13. The zero-order chi connectivity index (χ0) is 15.5. The molecule has 7 nitrogen and oxygen atoms in total. The second-order valence-corrected chi connectivity index (χ2v) is 5.07. The average Bonchev–Trinajstić information content (AvgIpc) is 2.56. The fourth-order valence-corrected chi connectivity index (χ4v) is 2.03. The van der Waals surface area contributed by atoms with Gasteiger partial charge in [0, 0.05) is 25.4 Å². The van der Waals surface area contributed by atoms with Crippen molar-refractivity contribution in [1.82, 2.24) is 15.1 Å². The molecule has 0 aliphatic carbocycles. The van der Waals surface area contributed by atoms with E-state index in [1.54, 1.807) is 11.7 Å². The number of rotatable bonds is 6. The number of nitrogens with one attached hydrogen (secondary N) is 1. The van der Waals surface area contributed by atoms with Crippen LogP contribution in [0.5, 0.6) is 0 Å². The summed E-state index contributed by atoms with van der Waals surface area (Å²) in [6.45, 7) is 5.01. The number of hydrogen-bond donors (Lipinski definition) is 2. The quantitative estimate of drug-likeness (QED) is 0.777. The topological polar surface area (TPSA) is 93.5 Å². The summed E-state index contributed by atoms with van der Waals surface area (Å²) in [4.78, 5) is 23.3. The highest BCUT2D eigenvalue weighted by molar-refractivity contribution is 5.88. The summed E-state index contributed by atoms with van der Waals surface area (Å²) in [7, 11) is 3.19. The van der Waals surface area contributed by atoms with Gasteiger partial charge < -0.3 is 15.2 Å². The summed E-state index contributed by atoms with van der Waals surface area (Å²) in [6, 6.07) is 0. The Hall–Kier alpha value is -1.89. The fraction of sp³-hybridized carbons (Fsp3) is 0.615. The first-order valence-corrected chi connectivity index (χ1v) is 6.23. The van der Waals surface area contributed by atoms with Gasteiger partial charge in [0.1, 0.15) is 0 Å². The second-order valence-electron chi connectivity index (χ2n) is 5.07. The van der Waals surface area contributed by atoms with Crippen LogP contribution in [0.25, 0.3) is 0 Å². The van der Waals surface area contributed by atoms with Gasteiger partial charge in [-0.05, 0) is 20.8 Å². The van der Waals surface area contributed by atoms with Crippen molar-refractivity contribution >= 4 is 11.9 Å². The van der Waals surface area contributed by atoms with E-state index in [0.29, 0.717) is 0 Å². The third-order valence-electron chi connectivity index (χ3n) is 3.32. The van der Waals surface area contributed by atoms with Crippen molar-refractivity contribution < 1.29 is 19.4 Å². The van der Waals surface area contributed by atoms with Gasteiger partial charge in [-0.3, -0.25) is 9.48 Å². The lowest BCUT2D eigenvalue weighted by molar-refractivity contribution is -0.149. The molecule has 0 bridgehead atoms. The smallest absolute Gasteiger partial charge is 0.331 e. The molecule has 0 radical (unpaired) electrons. The number of amides is 1. The van der Waals surface area contributed by atoms with Gasteiger partial charge in [0.2, 0.25) is 5.91 Å². The number of aryl methyl sites for hydroxylation is 2. The number of aromatic nitrogens is 2. The Bertz CT molecular complexity index is 524. The molecule has 1 atom stereocenters. The van der Waals surface area contributed by atoms with Gasteiger partial charge in [0.25, 0.3) is 0 Å². The molecule has 1 amide bonds. The summed E-state index contributed by atoms with van der Waals surface area (Å²) >= 11 is 0. The van der Waals surface area contributed by atoms with E-state index in [1.165, 1.54) is 14.0 Å². The lowest BCUT2D eigenvalue weighted by Crippen LogP contribution is -2.55. The van der Waals surface area contributed by atoms with Crippen LogP contribution in [0.15, 0.2) is 0 Å². The Balaban J connectivity index is 2.84. The molecular formula is C13H21N3O4. The Labute approximate surface area is 117 Å². The summed E-state index contributed by atoms with van der Waals surface area (Å²) in [6.07, 6.45) is 0.0953. The molecule has 1 aromatic rings. The van der Waals surface area contributed by atoms with E-state index < -0.39 is 11.5 Å². The van der Waals surface area contributed by atoms with Crippen LogP contribution in [-0.4, -0.2) is 46.0 Å². The second kappa shape index (κ2) is 6.04. The molecule has 0 saturated carbocycles. The molecule has 7 heteroatoms. The van der Waals surface area contributed by atoms with Crippen molar-refractivity contribution in [3.63, 3.8) is 0 Å². The van der Waals surface area contributed by atoms with Gasteiger partial charge >= 0.3 is 5.97 Å². The molecule has 1 rings (SSSR count). The first-order chi connectivity index (χ1) is 9.21. The van der Waals surface area contributed by atoms with Gasteiger partial charge in [-0.25, -0.2) is 4.79 Å². The molecule has 1 unspecified atom stereocenters. The number of carbonyl (C=O) groups excluding carboxylic acids is 1. The number of carboxylic acid groups (broad SMARTS) is 1. The number of carboxylic acids is 1. The van der Waals surface area contributed by atoms with E-state index in [1.807, 2.05) is 13.8 Å². The molecule has 20 heavy (non-hydrogen) atoms. The van der Waals surface area contributed by atoms with E-state index >= 15 is 0 Å². The Morgan fingerprint density at radius 2 is 2.05 bits per heavy atom. The van der Waals surface area contributed by atoms with Gasteiger partial charge in [0.05, 0.1) is 18.7 Å². The monoisotopic (exact) mass is 283 g/mol. The molecule has 1 aromatic heterocycles. The maximum absolute atomic E-state index is 12.1. The minimum Gasteiger partial charge on any atom is -0.479 e. The van der Waals surface area contributed by atoms with E-state index in [4.69, 9.17) is 4.74 Å². The van der Waals surface area contributed by atoms with Gasteiger partial charge in [-0.15, -0.1) is 0 Å². The average molecular weight is 283 g/mol. The van der Waals surface area contributed by atoms with Crippen molar-refractivity contribution in [3.05, 3.63) is 17.0 Å². The van der Waals surface area contributed by atoms with E-state index in [-0.39, 0.29) is 18.9 Å². The van der Waals surface area contributed by atoms with E-state index in [2.05, 4.69) is 10.4 Å². The molecule has 0 aliphatic heterocycles. The van der Waals surface area contributed by atoms with Crippen LogP contribution < -0.4 is 5.32 Å². The molecular weight excluding hydrogens is 262 g/mol. The minimum absolute atomic E-state index is 0.0953. The maximum Gasteiger partial charge on any atom is 0.331 e. The summed E-state index contributed by atoms with van der Waals surface area (Å²) < 4.78 is 6.56. The van der Waals surface area contributed by atoms with E-state index in [9.17, 15) is 14.7 Å². The van der Waals surface area contributed by atoms with Crippen LogP contribution in [-0.2, 0) is 27.8 Å². The predicted molar refractivity (Wildman–Crippen MR) is 72.4 cm³/mol. The van der Waals surface area contributed by atoms with Gasteiger partial charge in [0.15, 0.2) is 5.54 Å². The standard InChI is InChI=1S/C13H21N3O4/c1-8-10(9(2)16(4)15-8)6-11(17)14-13(3,7-20-5)12(18)19/h6-7H2,1-5H3,(H,14,17)(H,18,19). The van der Waals surface area contributed by atoms with Crippen molar-refractivity contribution in [2.24, 2.45) is 7.05 Å². The summed E-state index contributed by atoms with van der Waals surface area (Å²) in [5.74, 6) is -1.50. The van der Waals surface area contributed by atoms with Crippen LogP contribution in [0.3, 0.4) is 0 Å². The lowest BCUT2D eigenvalue weighted by atomic mass is 10.0. The van der Waals surface area contributed by atoms with Crippen molar-refractivity contribution in [3.8, 4) is 0 Å². The summed E-state index contributed by atoms with van der Waals surface area (Å²) in [5, 5.41) is 15.9. The minimum atomic E-state index is -1.43. The molecule has 0 aliphatic rings. The lowest BCUT2D eigenvalue weighted by Gasteiger charge is -2.25. The van der Waals surface area contributed by atoms with E-state index in [0.717, 1.165) is 17.0 Å². The third-order valence-corrected chi connectivity index (χ3v) is 3.32. The van der Waals surface area contributed by atoms with Crippen LogP contribution >= 0.6 is 0 Å². The molecule has 112 valence electrons. The third kappa shape index (κ3) is 3.36. The molecule has 0 saturated heterocycles. The highest BCUT2D eigenvalue weighted by atomic mass is 16.5. The number of ether oxygens (including phenoxy) is 1. The molecule has 1 heterocycles. The molecule has 0 fully saturated rings. The Morgan fingerprint density at radius 3 is 2.45 bits per heavy atom. The van der Waals surface area contributed by atoms with Crippen molar-refractivity contribution in [2.75, 3.05) is 13.7 Å². The maximum atomic E-state index is 12.1. The number of carbonyl (C=O) groups is 2. The van der Waals surface area contributed by atoms with Crippen LogP contribution in [0.4, 0.5) is 0 Å². The zero-order valence-corrected chi connectivity index (χ0v) is 12.5. The zero-order valence-electron chi connectivity index (χ0n) is 12.5. The number of hydrogen-bond acceptors (Lipinski definition) is 4. The fourth-order valence-electron chi connectivity index (χ4n) is 2.03. The highest BCUT2D eigenvalue weighted by Gasteiger charge is 2.35. The summed E-state index contributed by atoms with van der Waals surface area (Å²) in [5.41, 5.74) is 1.04. The largest absolute Gasteiger partial charge is 0.479 e. The Kier molecular flexibility index (Phi) is 4.88. The van der Waals surface area contributed by atoms with Gasteiger partial charge in [-0.2, -0.15) is 5.10 Å². The SMILES string of the molecule is COCC(C)(NC(=O)Cc1c(C)nn(C)c1C)C(=O)O. The Morgan fingerprint density at radius 1 is 1.45 bits per heavy atom. The predicted octanol–water partition coefficient (Wildman–Crippen LogP) is 0.185. The van der Waals surface area contributed by atoms with Crippen molar-refractivity contribution in [2.45, 2.75) is 32.7 Å². The number of aliphatic carboxylic acids is 1. The molecule has 0 aromatic carbocycles. The first-order valence-electron chi connectivity index (χ1n) is 6.23. The van der Waals surface area contributed by atoms with Crippen LogP contribution in [0.1, 0.15) is 23.9 Å².